The molecule has 2 amide bonds. The number of hydroxylamine groups is 1. The van der Waals surface area contributed by atoms with E-state index in [9.17, 15) is 24.8 Å². The summed E-state index contributed by atoms with van der Waals surface area (Å²) in [7, 11) is 0. The fraction of sp³-hybridized carbons (Fsp3) is 0.286. The van der Waals surface area contributed by atoms with Crippen molar-refractivity contribution in [1.29, 1.82) is 0 Å². The van der Waals surface area contributed by atoms with Crippen molar-refractivity contribution in [2.45, 2.75) is 38.3 Å². The number of hydrogen-bond acceptors (Lipinski definition) is 8. The standard InChI is InChI=1S/C28H27N3O7/c1-2-3-7-16-37-21-13-10-18(11-14-21)29-27(33)24-25(22-15-12-20(31(35)36)17-23(22)32)30(38-26(24)28(29)34)19-8-5-4-6-9-19/h4-6,8-15,17,24-26,32H,2-3,7,16H2,1H3/t24-,25-,26+/m1/s1. The van der Waals surface area contributed by atoms with Gasteiger partial charge in [-0.2, -0.15) is 0 Å². The molecule has 3 atom stereocenters. The first-order valence-corrected chi connectivity index (χ1v) is 12.5. The smallest absolute Gasteiger partial charge is 0.273 e. The highest BCUT2D eigenvalue weighted by molar-refractivity contribution is 6.24. The molecule has 196 valence electrons. The van der Waals surface area contributed by atoms with Crippen LogP contribution in [0.1, 0.15) is 37.8 Å². The van der Waals surface area contributed by atoms with Gasteiger partial charge in [-0.05, 0) is 48.9 Å². The molecule has 0 radical (unpaired) electrons. The van der Waals surface area contributed by atoms with Crippen molar-refractivity contribution in [3.8, 4) is 11.5 Å². The quantitative estimate of drug-likeness (QED) is 0.184. The van der Waals surface area contributed by atoms with E-state index >= 15 is 0 Å². The second kappa shape index (κ2) is 10.5. The summed E-state index contributed by atoms with van der Waals surface area (Å²) < 4.78 is 5.74. The molecule has 0 spiro atoms. The Bertz CT molecular complexity index is 1350. The Labute approximate surface area is 219 Å². The summed E-state index contributed by atoms with van der Waals surface area (Å²) in [4.78, 5) is 45.0. The maximum atomic E-state index is 13.8. The number of anilines is 2. The molecule has 0 unspecified atom stereocenters. The van der Waals surface area contributed by atoms with Crippen LogP contribution in [0.15, 0.2) is 72.8 Å². The molecule has 2 heterocycles. The summed E-state index contributed by atoms with van der Waals surface area (Å²) in [5.74, 6) is -1.72. The Hall–Kier alpha value is -4.44. The lowest BCUT2D eigenvalue weighted by molar-refractivity contribution is -0.385. The maximum Gasteiger partial charge on any atom is 0.273 e. The van der Waals surface area contributed by atoms with Gasteiger partial charge >= 0.3 is 0 Å². The zero-order valence-corrected chi connectivity index (χ0v) is 20.7. The van der Waals surface area contributed by atoms with Crippen molar-refractivity contribution in [3.05, 3.63) is 88.5 Å². The van der Waals surface area contributed by atoms with Gasteiger partial charge in [0.25, 0.3) is 11.6 Å². The second-order valence-electron chi connectivity index (χ2n) is 9.22. The molecule has 0 aliphatic carbocycles. The van der Waals surface area contributed by atoms with Gasteiger partial charge in [0.2, 0.25) is 5.91 Å². The summed E-state index contributed by atoms with van der Waals surface area (Å²) in [5.41, 5.74) is 0.907. The fourth-order valence-corrected chi connectivity index (χ4v) is 4.91. The van der Waals surface area contributed by atoms with Gasteiger partial charge in [-0.1, -0.05) is 38.0 Å². The minimum absolute atomic E-state index is 0.241. The number of rotatable bonds is 9. The number of amides is 2. The molecule has 1 N–H and O–H groups in total. The van der Waals surface area contributed by atoms with E-state index in [-0.39, 0.29) is 17.0 Å². The van der Waals surface area contributed by atoms with E-state index in [1.165, 1.54) is 17.2 Å². The molecule has 3 aromatic rings. The highest BCUT2D eigenvalue weighted by Crippen LogP contribution is 2.49. The first kappa shape index (κ1) is 25.2. The molecule has 3 aromatic carbocycles. The van der Waals surface area contributed by atoms with Gasteiger partial charge in [0.05, 0.1) is 35.0 Å². The van der Waals surface area contributed by atoms with Gasteiger partial charge < -0.3 is 9.84 Å². The van der Waals surface area contributed by atoms with Crippen LogP contribution in [0.25, 0.3) is 0 Å². The van der Waals surface area contributed by atoms with E-state index in [1.807, 2.05) is 6.07 Å². The van der Waals surface area contributed by atoms with Crippen LogP contribution in [0.4, 0.5) is 17.1 Å². The van der Waals surface area contributed by atoms with Crippen LogP contribution in [0.2, 0.25) is 0 Å². The Morgan fingerprint density at radius 2 is 1.71 bits per heavy atom. The predicted octanol–water partition coefficient (Wildman–Crippen LogP) is 4.92. The Balaban J connectivity index is 1.46. The van der Waals surface area contributed by atoms with E-state index in [0.717, 1.165) is 30.2 Å². The minimum Gasteiger partial charge on any atom is -0.507 e. The summed E-state index contributed by atoms with van der Waals surface area (Å²) in [6.45, 7) is 2.70. The van der Waals surface area contributed by atoms with Gasteiger partial charge in [-0.15, -0.1) is 0 Å². The predicted molar refractivity (Wildman–Crippen MR) is 139 cm³/mol. The maximum absolute atomic E-state index is 13.8. The number of para-hydroxylation sites is 1. The van der Waals surface area contributed by atoms with Crippen LogP contribution in [-0.2, 0) is 14.4 Å². The number of nitro groups is 1. The van der Waals surface area contributed by atoms with Gasteiger partial charge in [0, 0.05) is 11.6 Å². The molecular weight excluding hydrogens is 490 g/mol. The van der Waals surface area contributed by atoms with Crippen LogP contribution in [0.5, 0.6) is 11.5 Å². The fourth-order valence-electron chi connectivity index (χ4n) is 4.91. The third-order valence-corrected chi connectivity index (χ3v) is 6.78. The molecule has 2 aliphatic rings. The average Bonchev–Trinajstić information content (AvgIpc) is 3.43. The summed E-state index contributed by atoms with van der Waals surface area (Å²) in [5, 5.41) is 23.4. The van der Waals surface area contributed by atoms with E-state index < -0.39 is 34.8 Å². The monoisotopic (exact) mass is 517 g/mol. The number of phenolic OH excluding ortho intramolecular Hbond substituents is 1. The van der Waals surface area contributed by atoms with Gasteiger partial charge in [-0.3, -0.25) is 24.5 Å². The van der Waals surface area contributed by atoms with Crippen LogP contribution < -0.4 is 14.7 Å². The third-order valence-electron chi connectivity index (χ3n) is 6.78. The van der Waals surface area contributed by atoms with E-state index in [1.54, 1.807) is 48.5 Å². The van der Waals surface area contributed by atoms with Gasteiger partial charge in [0.15, 0.2) is 6.10 Å². The number of benzene rings is 3. The minimum atomic E-state index is -1.13. The lowest BCUT2D eigenvalue weighted by Gasteiger charge is -2.29. The molecule has 10 nitrogen and oxygen atoms in total. The van der Waals surface area contributed by atoms with Crippen molar-refractivity contribution in [2.24, 2.45) is 5.92 Å². The Morgan fingerprint density at radius 3 is 2.37 bits per heavy atom. The lowest BCUT2D eigenvalue weighted by atomic mass is 9.90. The molecule has 2 aliphatic heterocycles. The molecule has 10 heteroatoms. The number of fused-ring (bicyclic) bond motifs is 1. The van der Waals surface area contributed by atoms with Crippen molar-refractivity contribution < 1.29 is 29.2 Å². The molecule has 2 fully saturated rings. The summed E-state index contributed by atoms with van der Waals surface area (Å²) in [6.07, 6.45) is 1.97. The Kier molecular flexibility index (Phi) is 6.97. The van der Waals surface area contributed by atoms with E-state index in [0.29, 0.717) is 23.7 Å². The number of aromatic hydroxyl groups is 1. The molecule has 0 aromatic heterocycles. The second-order valence-corrected chi connectivity index (χ2v) is 9.22. The van der Waals surface area contributed by atoms with Crippen LogP contribution in [0.3, 0.4) is 0 Å². The molecule has 2 saturated heterocycles. The molecule has 0 saturated carbocycles. The summed E-state index contributed by atoms with van der Waals surface area (Å²) in [6, 6.07) is 18.4. The topological polar surface area (TPSA) is 122 Å². The number of carbonyl (C=O) groups is 2. The first-order valence-electron chi connectivity index (χ1n) is 12.5. The zero-order chi connectivity index (χ0) is 26.8. The SMILES string of the molecule is CCCCCOc1ccc(N2C(=O)[C@H]3[C@H](ON(c4ccccc4)[C@@H]3c3ccc([N+](=O)[O-])cc3O)C2=O)cc1. The average molecular weight is 518 g/mol. The molecule has 5 rings (SSSR count). The van der Waals surface area contributed by atoms with E-state index in [2.05, 4.69) is 6.92 Å². The number of unbranched alkanes of at least 4 members (excludes halogenated alkanes) is 2. The normalized spacial score (nSPS) is 20.6. The van der Waals surface area contributed by atoms with Crippen LogP contribution in [-0.4, -0.2) is 34.6 Å². The van der Waals surface area contributed by atoms with Crippen molar-refractivity contribution in [1.82, 2.24) is 0 Å². The number of phenols is 1. The number of hydrogen-bond donors (Lipinski definition) is 1. The van der Waals surface area contributed by atoms with Crippen molar-refractivity contribution >= 4 is 28.9 Å². The first-order chi connectivity index (χ1) is 18.4. The van der Waals surface area contributed by atoms with Crippen LogP contribution >= 0.6 is 0 Å². The number of nitro benzene ring substituents is 1. The molecule has 0 bridgehead atoms. The molecule has 38 heavy (non-hydrogen) atoms. The van der Waals surface area contributed by atoms with Gasteiger partial charge in [-0.25, -0.2) is 9.96 Å². The van der Waals surface area contributed by atoms with Gasteiger partial charge in [0.1, 0.15) is 17.4 Å². The van der Waals surface area contributed by atoms with Crippen molar-refractivity contribution in [3.63, 3.8) is 0 Å². The largest absolute Gasteiger partial charge is 0.507 e. The van der Waals surface area contributed by atoms with Crippen LogP contribution in [0, 0.1) is 16.0 Å². The number of ether oxygens (including phenoxy) is 1. The number of nitrogens with zero attached hydrogens (tertiary/aromatic N) is 3. The summed E-state index contributed by atoms with van der Waals surface area (Å²) >= 11 is 0. The third kappa shape index (κ3) is 4.54. The van der Waals surface area contributed by atoms with Crippen molar-refractivity contribution in [2.75, 3.05) is 16.6 Å². The Morgan fingerprint density at radius 1 is 0.974 bits per heavy atom. The highest BCUT2D eigenvalue weighted by Gasteiger charge is 2.60. The lowest BCUT2D eigenvalue weighted by Crippen LogP contribution is -2.37. The number of imide groups is 1. The number of non-ortho nitro benzene ring substituents is 1. The zero-order valence-electron chi connectivity index (χ0n) is 20.7. The molecular formula is C28H27N3O7. The number of carbonyl (C=O) groups excluding carboxylic acids is 2. The van der Waals surface area contributed by atoms with E-state index in [4.69, 9.17) is 9.57 Å². The highest BCUT2D eigenvalue weighted by atomic mass is 16.7.